The lowest BCUT2D eigenvalue weighted by Gasteiger charge is -2.25. The lowest BCUT2D eigenvalue weighted by molar-refractivity contribution is 0.392. The molecule has 0 unspecified atom stereocenters. The number of hydrogen-bond acceptors (Lipinski definition) is 3. The molecule has 0 N–H and O–H groups in total. The summed E-state index contributed by atoms with van der Waals surface area (Å²) in [6, 6.07) is 0.00917. The number of aliphatic imine (C=N–C) groups is 1. The number of rotatable bonds is 3. The third kappa shape index (κ3) is 5.42. The zero-order chi connectivity index (χ0) is 13.9. The Bertz CT molecular complexity index is 399. The second-order valence-corrected chi connectivity index (χ2v) is 7.03. The minimum atomic E-state index is -3.10. The Hall–Kier alpha value is -0.0900. The average molecular weight is 404 g/mol. The average Bonchev–Trinajstić information content (AvgIpc) is 2.64. The van der Waals surface area contributed by atoms with Crippen molar-refractivity contribution in [2.75, 3.05) is 47.5 Å². The quantitative estimate of drug-likeness (QED) is 0.391. The summed E-state index contributed by atoms with van der Waals surface area (Å²) in [5, 5.41) is 0. The molecule has 1 saturated heterocycles. The van der Waals surface area contributed by atoms with Crippen molar-refractivity contribution in [1.29, 1.82) is 0 Å². The SMILES string of the molecule is CN(C)C(=NC[C@H]1CCCN1S(C)(=O)=O)N(C)C.I. The molecule has 6 nitrogen and oxygen atoms in total. The Balaban J connectivity index is 0.00000324. The maximum absolute atomic E-state index is 11.6. The van der Waals surface area contributed by atoms with Crippen molar-refractivity contribution in [1.82, 2.24) is 14.1 Å². The second kappa shape index (κ2) is 7.63. The van der Waals surface area contributed by atoms with E-state index in [1.165, 1.54) is 6.26 Å². The summed E-state index contributed by atoms with van der Waals surface area (Å²) in [5.41, 5.74) is 0. The molecule has 0 aromatic heterocycles. The fourth-order valence-corrected chi connectivity index (χ4v) is 3.47. The van der Waals surface area contributed by atoms with E-state index in [0.29, 0.717) is 13.1 Å². The maximum atomic E-state index is 11.6. The third-order valence-corrected chi connectivity index (χ3v) is 4.33. The Labute approximate surface area is 133 Å². The van der Waals surface area contributed by atoms with E-state index < -0.39 is 10.0 Å². The van der Waals surface area contributed by atoms with Gasteiger partial charge in [0.15, 0.2) is 5.96 Å². The van der Waals surface area contributed by atoms with Gasteiger partial charge >= 0.3 is 0 Å². The molecule has 1 fully saturated rings. The summed E-state index contributed by atoms with van der Waals surface area (Å²) in [6.07, 6.45) is 3.09. The minimum absolute atomic E-state index is 0. The van der Waals surface area contributed by atoms with Crippen molar-refractivity contribution in [2.24, 2.45) is 4.99 Å². The minimum Gasteiger partial charge on any atom is -0.349 e. The number of hydrogen-bond donors (Lipinski definition) is 0. The summed E-state index contributed by atoms with van der Waals surface area (Å²) in [7, 11) is 4.63. The molecule has 0 aromatic rings. The molecule has 0 amide bonds. The predicted molar refractivity (Wildman–Crippen MR) is 89.7 cm³/mol. The van der Waals surface area contributed by atoms with Crippen molar-refractivity contribution < 1.29 is 8.42 Å². The molecule has 19 heavy (non-hydrogen) atoms. The zero-order valence-corrected chi connectivity index (χ0v) is 15.5. The first-order chi connectivity index (χ1) is 8.23. The summed E-state index contributed by atoms with van der Waals surface area (Å²) >= 11 is 0. The van der Waals surface area contributed by atoms with Crippen molar-refractivity contribution in [3.05, 3.63) is 0 Å². The van der Waals surface area contributed by atoms with Crippen LogP contribution in [0.2, 0.25) is 0 Å². The Morgan fingerprint density at radius 3 is 2.21 bits per heavy atom. The molecule has 114 valence electrons. The molecule has 1 aliphatic heterocycles. The van der Waals surface area contributed by atoms with E-state index in [1.54, 1.807) is 4.31 Å². The first-order valence-electron chi connectivity index (χ1n) is 6.09. The lowest BCUT2D eigenvalue weighted by atomic mass is 10.2. The second-order valence-electron chi connectivity index (χ2n) is 5.10. The first-order valence-corrected chi connectivity index (χ1v) is 7.94. The van der Waals surface area contributed by atoms with Crippen molar-refractivity contribution >= 4 is 40.0 Å². The predicted octanol–water partition coefficient (Wildman–Crippen LogP) is 0.508. The van der Waals surface area contributed by atoms with Gasteiger partial charge in [-0.15, -0.1) is 24.0 Å². The van der Waals surface area contributed by atoms with Crippen LogP contribution < -0.4 is 0 Å². The van der Waals surface area contributed by atoms with Crippen LogP contribution >= 0.6 is 24.0 Å². The highest BCUT2D eigenvalue weighted by molar-refractivity contribution is 14.0. The number of nitrogens with zero attached hydrogens (tertiary/aromatic N) is 4. The highest BCUT2D eigenvalue weighted by atomic mass is 127. The molecule has 1 aliphatic rings. The van der Waals surface area contributed by atoms with Crippen LogP contribution in [-0.4, -0.2) is 82.1 Å². The summed E-state index contributed by atoms with van der Waals surface area (Å²) < 4.78 is 24.8. The third-order valence-electron chi connectivity index (χ3n) is 2.99. The monoisotopic (exact) mass is 404 g/mol. The molecule has 1 atom stereocenters. The fourth-order valence-electron chi connectivity index (χ4n) is 2.30. The molecule has 0 aromatic carbocycles. The van der Waals surface area contributed by atoms with Crippen molar-refractivity contribution in [3.8, 4) is 0 Å². The van der Waals surface area contributed by atoms with Crippen LogP contribution in [0.4, 0.5) is 0 Å². The number of halogens is 1. The Morgan fingerprint density at radius 1 is 1.26 bits per heavy atom. The van der Waals surface area contributed by atoms with Gasteiger partial charge in [-0.05, 0) is 12.8 Å². The van der Waals surface area contributed by atoms with Crippen molar-refractivity contribution in [3.63, 3.8) is 0 Å². The van der Waals surface area contributed by atoms with Gasteiger partial charge in [-0.1, -0.05) is 0 Å². The summed E-state index contributed by atoms with van der Waals surface area (Å²) in [5.74, 6) is 0.857. The van der Waals surface area contributed by atoms with E-state index in [-0.39, 0.29) is 30.0 Å². The zero-order valence-electron chi connectivity index (χ0n) is 12.3. The standard InChI is InChI=1S/C11H24N4O2S.HI/c1-13(2)11(14(3)4)12-9-10-7-6-8-15(10)18(5,16)17;/h10H,6-9H2,1-5H3;1H/t10-;/m1./s1. The molecule has 0 aliphatic carbocycles. The molecular formula is C11H25IN4O2S. The van der Waals surface area contributed by atoms with Crippen molar-refractivity contribution in [2.45, 2.75) is 18.9 Å². The van der Waals surface area contributed by atoms with Gasteiger partial charge in [0, 0.05) is 40.8 Å². The van der Waals surface area contributed by atoms with Crippen LogP contribution in [-0.2, 0) is 10.0 Å². The molecule has 1 heterocycles. The lowest BCUT2D eigenvalue weighted by Crippen LogP contribution is -2.39. The molecule has 8 heteroatoms. The summed E-state index contributed by atoms with van der Waals surface area (Å²) in [6.45, 7) is 1.15. The van der Waals surface area contributed by atoms with Crippen LogP contribution in [0, 0.1) is 0 Å². The molecule has 1 rings (SSSR count). The van der Waals surface area contributed by atoms with Gasteiger partial charge in [-0.3, -0.25) is 4.99 Å². The normalized spacial score (nSPS) is 19.7. The topological polar surface area (TPSA) is 56.2 Å². The largest absolute Gasteiger partial charge is 0.349 e. The van der Waals surface area contributed by atoms with Crippen LogP contribution in [0.15, 0.2) is 4.99 Å². The highest BCUT2D eigenvalue weighted by Gasteiger charge is 2.31. The van der Waals surface area contributed by atoms with E-state index in [9.17, 15) is 8.42 Å². The van der Waals surface area contributed by atoms with E-state index in [4.69, 9.17) is 0 Å². The van der Waals surface area contributed by atoms with Gasteiger partial charge in [0.25, 0.3) is 0 Å². The van der Waals surface area contributed by atoms with E-state index >= 15 is 0 Å². The van der Waals surface area contributed by atoms with E-state index in [0.717, 1.165) is 18.8 Å². The van der Waals surface area contributed by atoms with Gasteiger partial charge < -0.3 is 9.80 Å². The van der Waals surface area contributed by atoms with Gasteiger partial charge in [0.2, 0.25) is 10.0 Å². The smallest absolute Gasteiger partial charge is 0.211 e. The first kappa shape index (κ1) is 18.9. The van der Waals surface area contributed by atoms with Gasteiger partial charge in [0.05, 0.1) is 12.8 Å². The molecule has 0 bridgehead atoms. The molecule has 0 radical (unpaired) electrons. The Kier molecular flexibility index (Phi) is 7.59. The van der Waals surface area contributed by atoms with Crippen LogP contribution in [0.3, 0.4) is 0 Å². The molecule has 0 saturated carbocycles. The number of guanidine groups is 1. The van der Waals surface area contributed by atoms with Crippen LogP contribution in [0.5, 0.6) is 0 Å². The van der Waals surface area contributed by atoms with E-state index in [1.807, 2.05) is 38.0 Å². The van der Waals surface area contributed by atoms with Crippen LogP contribution in [0.1, 0.15) is 12.8 Å². The van der Waals surface area contributed by atoms with E-state index in [2.05, 4.69) is 4.99 Å². The highest BCUT2D eigenvalue weighted by Crippen LogP contribution is 2.20. The van der Waals surface area contributed by atoms with Crippen LogP contribution in [0.25, 0.3) is 0 Å². The molecular weight excluding hydrogens is 379 g/mol. The van der Waals surface area contributed by atoms with Gasteiger partial charge in [-0.2, -0.15) is 4.31 Å². The maximum Gasteiger partial charge on any atom is 0.211 e. The van der Waals surface area contributed by atoms with Gasteiger partial charge in [0.1, 0.15) is 0 Å². The Morgan fingerprint density at radius 2 is 1.79 bits per heavy atom. The summed E-state index contributed by atoms with van der Waals surface area (Å²) in [4.78, 5) is 8.39. The fraction of sp³-hybridized carbons (Fsp3) is 0.909. The number of sulfonamides is 1. The van der Waals surface area contributed by atoms with Gasteiger partial charge in [-0.25, -0.2) is 8.42 Å². The molecule has 0 spiro atoms.